The van der Waals surface area contributed by atoms with Gasteiger partial charge in [0.1, 0.15) is 5.75 Å². The van der Waals surface area contributed by atoms with Gasteiger partial charge in [-0.25, -0.2) is 0 Å². The zero-order valence-corrected chi connectivity index (χ0v) is 18.4. The Morgan fingerprint density at radius 3 is 2.52 bits per heavy atom. The summed E-state index contributed by atoms with van der Waals surface area (Å²) in [5.41, 5.74) is 1.14. The van der Waals surface area contributed by atoms with Gasteiger partial charge in [0.2, 0.25) is 11.8 Å². The molecule has 0 radical (unpaired) electrons. The molecule has 31 heavy (non-hydrogen) atoms. The molecule has 7 heteroatoms. The average molecular weight is 428 g/mol. The van der Waals surface area contributed by atoms with E-state index < -0.39 is 12.0 Å². The minimum Gasteiger partial charge on any atom is -0.489 e. The van der Waals surface area contributed by atoms with E-state index in [2.05, 4.69) is 15.9 Å². The third-order valence-electron chi connectivity index (χ3n) is 6.46. The molecule has 2 aliphatic heterocycles. The van der Waals surface area contributed by atoms with Crippen molar-refractivity contribution in [1.82, 2.24) is 9.80 Å². The number of piperazine rings is 1. The fraction of sp³-hybridized carbons (Fsp3) is 0.583. The van der Waals surface area contributed by atoms with Crippen LogP contribution in [0.2, 0.25) is 0 Å². The SMILES string of the molecule is CC(C)Oc1ccccc1N1CCN(CCCN2C(=O)C3CC=CC(O)C3C2=O)CC1. The molecule has 2 fully saturated rings. The van der Waals surface area contributed by atoms with E-state index in [-0.39, 0.29) is 23.8 Å². The van der Waals surface area contributed by atoms with E-state index in [1.54, 1.807) is 6.08 Å². The highest BCUT2D eigenvalue weighted by Gasteiger charge is 2.50. The number of carbonyl (C=O) groups excluding carboxylic acids is 2. The molecule has 3 atom stereocenters. The highest BCUT2D eigenvalue weighted by molar-refractivity contribution is 6.05. The van der Waals surface area contributed by atoms with Gasteiger partial charge >= 0.3 is 0 Å². The Morgan fingerprint density at radius 1 is 1.06 bits per heavy atom. The molecule has 7 nitrogen and oxygen atoms in total. The van der Waals surface area contributed by atoms with Crippen molar-refractivity contribution >= 4 is 17.5 Å². The van der Waals surface area contributed by atoms with Crippen molar-refractivity contribution in [3.63, 3.8) is 0 Å². The molecule has 0 spiro atoms. The van der Waals surface area contributed by atoms with Crippen molar-refractivity contribution in [1.29, 1.82) is 0 Å². The topological polar surface area (TPSA) is 73.3 Å². The number of carbonyl (C=O) groups is 2. The summed E-state index contributed by atoms with van der Waals surface area (Å²) in [6, 6.07) is 8.18. The summed E-state index contributed by atoms with van der Waals surface area (Å²) in [5.74, 6) is -0.378. The quantitative estimate of drug-likeness (QED) is 0.529. The molecule has 1 aliphatic carbocycles. The predicted molar refractivity (Wildman–Crippen MR) is 119 cm³/mol. The van der Waals surface area contributed by atoms with Gasteiger partial charge in [0.05, 0.1) is 29.7 Å². The van der Waals surface area contributed by atoms with Crippen LogP contribution in [0.5, 0.6) is 5.75 Å². The van der Waals surface area contributed by atoms with Crippen LogP contribution in [0, 0.1) is 11.8 Å². The predicted octanol–water partition coefficient (Wildman–Crippen LogP) is 1.91. The first-order valence-electron chi connectivity index (χ1n) is 11.4. The highest BCUT2D eigenvalue weighted by Crippen LogP contribution is 2.35. The molecule has 168 valence electrons. The number of anilines is 1. The summed E-state index contributed by atoms with van der Waals surface area (Å²) >= 11 is 0. The molecule has 2 heterocycles. The zero-order valence-electron chi connectivity index (χ0n) is 18.4. The van der Waals surface area contributed by atoms with Crippen LogP contribution in [-0.4, -0.2) is 78.2 Å². The number of imide groups is 1. The second kappa shape index (κ2) is 9.40. The average Bonchev–Trinajstić information content (AvgIpc) is 3.00. The summed E-state index contributed by atoms with van der Waals surface area (Å²) in [4.78, 5) is 31.4. The molecular formula is C24H33N3O4. The van der Waals surface area contributed by atoms with Crippen LogP contribution >= 0.6 is 0 Å². The molecule has 1 aromatic carbocycles. The maximum absolute atomic E-state index is 12.6. The lowest BCUT2D eigenvalue weighted by Crippen LogP contribution is -2.47. The minimum atomic E-state index is -0.837. The number of fused-ring (bicyclic) bond motifs is 1. The number of benzene rings is 1. The van der Waals surface area contributed by atoms with Crippen molar-refractivity contribution in [2.24, 2.45) is 11.8 Å². The number of allylic oxidation sites excluding steroid dienone is 1. The summed E-state index contributed by atoms with van der Waals surface area (Å²) in [7, 11) is 0. The summed E-state index contributed by atoms with van der Waals surface area (Å²) in [6.45, 7) is 9.07. The Balaban J connectivity index is 1.25. The number of rotatable bonds is 7. The van der Waals surface area contributed by atoms with Crippen molar-refractivity contribution in [3.05, 3.63) is 36.4 Å². The lowest BCUT2D eigenvalue weighted by atomic mass is 9.83. The number of hydrogen-bond acceptors (Lipinski definition) is 6. The Morgan fingerprint density at radius 2 is 1.81 bits per heavy atom. The number of para-hydroxylation sites is 2. The van der Waals surface area contributed by atoms with E-state index in [0.29, 0.717) is 13.0 Å². The lowest BCUT2D eigenvalue weighted by molar-refractivity contribution is -0.140. The normalized spacial score (nSPS) is 26.6. The van der Waals surface area contributed by atoms with Crippen LogP contribution in [0.25, 0.3) is 0 Å². The molecule has 3 aliphatic rings. The number of aliphatic hydroxyl groups excluding tert-OH is 1. The van der Waals surface area contributed by atoms with Gasteiger partial charge in [0.15, 0.2) is 0 Å². The fourth-order valence-electron chi connectivity index (χ4n) is 4.89. The van der Waals surface area contributed by atoms with E-state index in [1.807, 2.05) is 38.1 Å². The molecule has 0 bridgehead atoms. The van der Waals surface area contributed by atoms with E-state index in [4.69, 9.17) is 4.74 Å². The van der Waals surface area contributed by atoms with Gasteiger partial charge in [0, 0.05) is 32.7 Å². The van der Waals surface area contributed by atoms with E-state index in [1.165, 1.54) is 4.90 Å². The Labute approximate surface area is 184 Å². The van der Waals surface area contributed by atoms with Crippen molar-refractivity contribution < 1.29 is 19.4 Å². The van der Waals surface area contributed by atoms with Gasteiger partial charge in [-0.1, -0.05) is 24.3 Å². The summed E-state index contributed by atoms with van der Waals surface area (Å²) < 4.78 is 5.97. The lowest BCUT2D eigenvalue weighted by Gasteiger charge is -2.37. The van der Waals surface area contributed by atoms with Crippen LogP contribution < -0.4 is 9.64 Å². The van der Waals surface area contributed by atoms with Crippen LogP contribution in [0.15, 0.2) is 36.4 Å². The number of ether oxygens (including phenoxy) is 1. The Kier molecular flexibility index (Phi) is 6.62. The van der Waals surface area contributed by atoms with Gasteiger partial charge in [-0.15, -0.1) is 0 Å². The van der Waals surface area contributed by atoms with Crippen LogP contribution in [0.1, 0.15) is 26.7 Å². The van der Waals surface area contributed by atoms with Crippen LogP contribution in [0.3, 0.4) is 0 Å². The largest absolute Gasteiger partial charge is 0.489 e. The first-order chi connectivity index (χ1) is 15.0. The summed E-state index contributed by atoms with van der Waals surface area (Å²) in [6.07, 6.45) is 4.06. The third kappa shape index (κ3) is 4.62. The standard InChI is InChI=1S/C24H33N3O4/c1-17(2)31-21-10-4-3-8-19(21)26-15-13-25(14-16-26)11-6-12-27-23(29)18-7-5-9-20(28)22(18)24(27)30/h3-5,8-10,17-18,20,22,28H,6-7,11-16H2,1-2H3. The van der Waals surface area contributed by atoms with E-state index >= 15 is 0 Å². The van der Waals surface area contributed by atoms with Crippen LogP contribution in [0.4, 0.5) is 5.69 Å². The molecule has 3 unspecified atom stereocenters. The molecule has 4 rings (SSSR count). The van der Waals surface area contributed by atoms with E-state index in [9.17, 15) is 14.7 Å². The second-order valence-corrected chi connectivity index (χ2v) is 8.93. The van der Waals surface area contributed by atoms with Gasteiger partial charge in [-0.3, -0.25) is 19.4 Å². The van der Waals surface area contributed by atoms with Crippen molar-refractivity contribution in [2.75, 3.05) is 44.2 Å². The molecule has 2 amide bonds. The Hall–Kier alpha value is -2.38. The van der Waals surface area contributed by atoms with Crippen molar-refractivity contribution in [2.45, 2.75) is 38.9 Å². The smallest absolute Gasteiger partial charge is 0.236 e. The molecular weight excluding hydrogens is 394 g/mol. The molecule has 0 aromatic heterocycles. The number of hydrogen-bond donors (Lipinski definition) is 1. The fourth-order valence-corrected chi connectivity index (χ4v) is 4.89. The maximum atomic E-state index is 12.6. The highest BCUT2D eigenvalue weighted by atomic mass is 16.5. The third-order valence-corrected chi connectivity index (χ3v) is 6.46. The van der Waals surface area contributed by atoms with Gasteiger partial charge in [0.25, 0.3) is 0 Å². The van der Waals surface area contributed by atoms with Crippen LogP contribution in [-0.2, 0) is 9.59 Å². The van der Waals surface area contributed by atoms with Crippen molar-refractivity contribution in [3.8, 4) is 5.75 Å². The summed E-state index contributed by atoms with van der Waals surface area (Å²) in [5, 5.41) is 10.1. The number of nitrogens with zero attached hydrogens (tertiary/aromatic N) is 3. The molecule has 2 saturated heterocycles. The Bertz CT molecular complexity index is 832. The number of likely N-dealkylation sites (tertiary alicyclic amines) is 1. The van der Waals surface area contributed by atoms with Gasteiger partial charge < -0.3 is 14.7 Å². The number of aliphatic hydroxyl groups is 1. The van der Waals surface area contributed by atoms with E-state index in [0.717, 1.165) is 50.6 Å². The maximum Gasteiger partial charge on any atom is 0.236 e. The van der Waals surface area contributed by atoms with Gasteiger partial charge in [-0.2, -0.15) is 0 Å². The minimum absolute atomic E-state index is 0.120. The second-order valence-electron chi connectivity index (χ2n) is 8.93. The molecule has 1 N–H and O–H groups in total. The molecule has 1 aromatic rings. The number of amides is 2. The zero-order chi connectivity index (χ0) is 22.0. The first kappa shape index (κ1) is 21.8. The first-order valence-corrected chi connectivity index (χ1v) is 11.4. The molecule has 0 saturated carbocycles. The monoisotopic (exact) mass is 427 g/mol. The van der Waals surface area contributed by atoms with Gasteiger partial charge in [-0.05, 0) is 45.4 Å².